The molecule has 4 heterocycles. The lowest BCUT2D eigenvalue weighted by Gasteiger charge is -2.23. The van der Waals surface area contributed by atoms with Crippen molar-refractivity contribution in [2.75, 3.05) is 7.11 Å². The second-order valence-corrected chi connectivity index (χ2v) is 15.4. The fourth-order valence-electron chi connectivity index (χ4n) is 5.60. The minimum absolute atomic E-state index is 0.108. The number of pyridine rings is 3. The van der Waals surface area contributed by atoms with Gasteiger partial charge in [-0.15, -0.1) is 11.8 Å². The lowest BCUT2D eigenvalue weighted by Crippen LogP contribution is -2.26. The van der Waals surface area contributed by atoms with Gasteiger partial charge in [0.15, 0.2) is 0 Å². The van der Waals surface area contributed by atoms with Crippen LogP contribution in [-0.2, 0) is 24.4 Å². The van der Waals surface area contributed by atoms with E-state index in [2.05, 4.69) is 37.6 Å². The maximum Gasteiger partial charge on any atom is 0.309 e. The van der Waals surface area contributed by atoms with Gasteiger partial charge in [-0.25, -0.2) is 9.97 Å². The molecule has 0 aliphatic rings. The molecule has 0 aliphatic heterocycles. The highest BCUT2D eigenvalue weighted by molar-refractivity contribution is 8.00. The first-order valence-electron chi connectivity index (χ1n) is 15.9. The fourth-order valence-corrected chi connectivity index (χ4v) is 6.75. The van der Waals surface area contributed by atoms with Crippen LogP contribution in [0.2, 0.25) is 0 Å². The number of thioether (sulfide) groups is 1. The van der Waals surface area contributed by atoms with Crippen LogP contribution < -0.4 is 9.47 Å². The van der Waals surface area contributed by atoms with Gasteiger partial charge in [-0.3, -0.25) is 9.78 Å². The van der Waals surface area contributed by atoms with Gasteiger partial charge in [-0.2, -0.15) is 0 Å². The van der Waals surface area contributed by atoms with Gasteiger partial charge in [0.2, 0.25) is 0 Å². The number of rotatable bonds is 11. The van der Waals surface area contributed by atoms with E-state index in [1.807, 2.05) is 72.9 Å². The monoisotopic (exact) mass is 660 g/mol. The fraction of sp³-hybridized carbons (Fsp3) is 0.282. The maximum atomic E-state index is 12.4. The van der Waals surface area contributed by atoms with Crippen LogP contribution in [0.15, 0.2) is 96.3 Å². The van der Waals surface area contributed by atoms with Gasteiger partial charge in [0, 0.05) is 43.9 Å². The summed E-state index contributed by atoms with van der Waals surface area (Å²) in [5.74, 6) is 0.492. The molecule has 4 aromatic heterocycles. The van der Waals surface area contributed by atoms with E-state index in [1.165, 1.54) is 0 Å². The zero-order chi connectivity index (χ0) is 34.1. The van der Waals surface area contributed by atoms with E-state index in [4.69, 9.17) is 24.4 Å². The maximum absolute atomic E-state index is 12.4. The molecule has 1 N–H and O–H groups in total. The van der Waals surface area contributed by atoms with Gasteiger partial charge >= 0.3 is 5.97 Å². The molecule has 0 amide bonds. The van der Waals surface area contributed by atoms with Crippen molar-refractivity contribution in [1.29, 1.82) is 0 Å². The summed E-state index contributed by atoms with van der Waals surface area (Å²) >= 11 is 1.73. The number of hydrogen-bond donors (Lipinski definition) is 1. The first-order valence-corrected chi connectivity index (χ1v) is 16.7. The molecule has 0 spiro atoms. The van der Waals surface area contributed by atoms with Crippen molar-refractivity contribution in [2.45, 2.75) is 63.8 Å². The Bertz CT molecular complexity index is 2080. The van der Waals surface area contributed by atoms with Crippen LogP contribution in [0.5, 0.6) is 11.5 Å². The molecule has 0 saturated heterocycles. The number of ether oxygens (including phenoxy) is 2. The van der Waals surface area contributed by atoms with Gasteiger partial charge in [0.05, 0.1) is 42.2 Å². The minimum atomic E-state index is -1.04. The number of carbonyl (C=O) groups is 1. The summed E-state index contributed by atoms with van der Waals surface area (Å²) in [6, 6.07) is 24.0. The van der Waals surface area contributed by atoms with Crippen LogP contribution >= 0.6 is 11.8 Å². The van der Waals surface area contributed by atoms with Crippen molar-refractivity contribution in [1.82, 2.24) is 19.5 Å². The van der Waals surface area contributed by atoms with Gasteiger partial charge in [0.1, 0.15) is 23.8 Å². The molecule has 0 radical (unpaired) electrons. The molecule has 8 nitrogen and oxygen atoms in total. The van der Waals surface area contributed by atoms with E-state index in [0.29, 0.717) is 12.3 Å². The van der Waals surface area contributed by atoms with Crippen LogP contribution in [-0.4, -0.2) is 42.5 Å². The first-order chi connectivity index (χ1) is 22.9. The molecule has 2 aromatic carbocycles. The van der Waals surface area contributed by atoms with Gasteiger partial charge in [-0.1, -0.05) is 63.2 Å². The van der Waals surface area contributed by atoms with Crippen molar-refractivity contribution in [3.05, 3.63) is 108 Å². The van der Waals surface area contributed by atoms with Gasteiger partial charge < -0.3 is 19.1 Å². The Balaban J connectivity index is 1.39. The molecule has 0 unspecified atom stereocenters. The average molecular weight is 661 g/mol. The molecule has 48 heavy (non-hydrogen) atoms. The molecule has 0 aliphatic carbocycles. The normalized spacial score (nSPS) is 12.0. The quantitative estimate of drug-likeness (QED) is 0.138. The second kappa shape index (κ2) is 13.3. The molecule has 0 saturated carbocycles. The predicted octanol–water partition coefficient (Wildman–Crippen LogP) is 8.83. The van der Waals surface area contributed by atoms with Crippen LogP contribution in [0.3, 0.4) is 0 Å². The third-order valence-corrected chi connectivity index (χ3v) is 9.29. The summed E-state index contributed by atoms with van der Waals surface area (Å²) in [5, 5.41) is 12.1. The standard InChI is InChI=1S/C39H40N4O4S/c1-38(2,3)48-34-23-43(22-28-15-12-27(20-40-28)25-13-17-30(46-6)18-14-25)36-35(34)31(19-39(4,5)37(44)45)33(21-41-36)47-24-29-16-11-26-9-7-8-10-32(26)42-29/h7-18,20-21,23H,19,22,24H2,1-6H3,(H,44,45). The molecule has 0 fully saturated rings. The summed E-state index contributed by atoms with van der Waals surface area (Å²) < 4.78 is 13.7. The van der Waals surface area contributed by atoms with Crippen molar-refractivity contribution in [3.8, 4) is 22.6 Å². The number of para-hydroxylation sites is 1. The summed E-state index contributed by atoms with van der Waals surface area (Å²) in [5.41, 5.74) is 5.17. The zero-order valence-electron chi connectivity index (χ0n) is 28.2. The molecule has 0 atom stereocenters. The lowest BCUT2D eigenvalue weighted by molar-refractivity contribution is -0.146. The van der Waals surface area contributed by atoms with Gasteiger partial charge in [0.25, 0.3) is 0 Å². The highest BCUT2D eigenvalue weighted by Crippen LogP contribution is 2.43. The molecule has 6 aromatic rings. The average Bonchev–Trinajstić information content (AvgIpc) is 3.39. The Morgan fingerprint density at radius 1 is 0.875 bits per heavy atom. The number of methoxy groups -OCH3 is 1. The highest BCUT2D eigenvalue weighted by atomic mass is 32.2. The topological polar surface area (TPSA) is 99.4 Å². The van der Waals surface area contributed by atoms with Crippen molar-refractivity contribution in [3.63, 3.8) is 0 Å². The van der Waals surface area contributed by atoms with E-state index in [1.54, 1.807) is 38.9 Å². The molecule has 0 bridgehead atoms. The van der Waals surface area contributed by atoms with Crippen LogP contribution in [0.25, 0.3) is 33.1 Å². The molecule has 6 rings (SSSR count). The van der Waals surface area contributed by atoms with Gasteiger partial charge in [-0.05, 0) is 56.2 Å². The molecule has 9 heteroatoms. The number of hydrogen-bond acceptors (Lipinski definition) is 7. The van der Waals surface area contributed by atoms with E-state index in [9.17, 15) is 9.90 Å². The third-order valence-electron chi connectivity index (χ3n) is 8.14. The number of aromatic nitrogens is 4. The molecular formula is C39H40N4O4S. The summed E-state index contributed by atoms with van der Waals surface area (Å²) in [6.07, 6.45) is 5.98. The summed E-state index contributed by atoms with van der Waals surface area (Å²) in [6.45, 7) is 10.7. The Morgan fingerprint density at radius 3 is 2.29 bits per heavy atom. The number of benzene rings is 2. The van der Waals surface area contributed by atoms with E-state index in [0.717, 1.165) is 60.7 Å². The predicted molar refractivity (Wildman–Crippen MR) is 192 cm³/mol. The Kier molecular flexibility index (Phi) is 9.16. The first kappa shape index (κ1) is 33.0. The molecular weight excluding hydrogens is 621 g/mol. The second-order valence-electron chi connectivity index (χ2n) is 13.6. The molecule has 246 valence electrons. The zero-order valence-corrected chi connectivity index (χ0v) is 29.0. The third kappa shape index (κ3) is 7.31. The number of fused-ring (bicyclic) bond motifs is 2. The van der Waals surface area contributed by atoms with Crippen LogP contribution in [0.1, 0.15) is 51.6 Å². The Labute approximate surface area is 285 Å². The van der Waals surface area contributed by atoms with E-state index in [-0.39, 0.29) is 17.8 Å². The number of aliphatic carboxylic acids is 1. The summed E-state index contributed by atoms with van der Waals surface area (Å²) in [7, 11) is 1.66. The van der Waals surface area contributed by atoms with Crippen molar-refractivity contribution >= 4 is 39.7 Å². The van der Waals surface area contributed by atoms with Crippen molar-refractivity contribution in [2.24, 2.45) is 5.41 Å². The van der Waals surface area contributed by atoms with E-state index >= 15 is 0 Å². The highest BCUT2D eigenvalue weighted by Gasteiger charge is 2.32. The van der Waals surface area contributed by atoms with Crippen LogP contribution in [0, 0.1) is 5.41 Å². The number of nitrogens with zero attached hydrogens (tertiary/aromatic N) is 4. The number of carboxylic acid groups (broad SMARTS) is 1. The minimum Gasteiger partial charge on any atom is -0.497 e. The lowest BCUT2D eigenvalue weighted by atomic mass is 9.85. The smallest absolute Gasteiger partial charge is 0.309 e. The number of carboxylic acids is 1. The Hall–Kier alpha value is -4.89. The SMILES string of the molecule is COc1ccc(-c2ccc(Cn3cc(SC(C)(C)C)c4c(CC(C)(C)C(=O)O)c(OCc5ccc6ccccc6n5)cnc43)nc2)cc1. The van der Waals surface area contributed by atoms with Crippen LogP contribution in [0.4, 0.5) is 0 Å². The largest absolute Gasteiger partial charge is 0.497 e. The Morgan fingerprint density at radius 2 is 1.60 bits per heavy atom. The van der Waals surface area contributed by atoms with Crippen molar-refractivity contribution < 1.29 is 19.4 Å². The summed E-state index contributed by atoms with van der Waals surface area (Å²) in [4.78, 5) is 27.9. The van der Waals surface area contributed by atoms with E-state index < -0.39 is 11.4 Å².